The van der Waals surface area contributed by atoms with E-state index in [1.807, 2.05) is 30.3 Å². The van der Waals surface area contributed by atoms with Crippen LogP contribution in [-0.2, 0) is 0 Å². The second-order valence-electron chi connectivity index (χ2n) is 8.32. The summed E-state index contributed by atoms with van der Waals surface area (Å²) >= 11 is 0. The summed E-state index contributed by atoms with van der Waals surface area (Å²) in [6.45, 7) is 0. The monoisotopic (exact) mass is 408 g/mol. The maximum Gasteiger partial charge on any atom is 0.195 e. The van der Waals surface area contributed by atoms with Gasteiger partial charge in [0.2, 0.25) is 0 Å². The Hall–Kier alpha value is -3.50. The molecule has 2 aliphatic heterocycles. The summed E-state index contributed by atoms with van der Waals surface area (Å²) in [4.78, 5) is 0. The molecule has 6 rings (SSSR count). The normalized spacial score (nSPS) is 23.5. The zero-order valence-electron chi connectivity index (χ0n) is 17.2. The van der Waals surface area contributed by atoms with Crippen molar-refractivity contribution in [2.75, 3.05) is 0 Å². The number of phenolic OH excluding ortho intramolecular Hbond substituents is 1. The van der Waals surface area contributed by atoms with Crippen molar-refractivity contribution in [2.24, 2.45) is 0 Å². The molecule has 3 aromatic rings. The lowest BCUT2D eigenvalue weighted by Crippen LogP contribution is -2.43. The van der Waals surface area contributed by atoms with Crippen LogP contribution in [0.15, 0.2) is 95.7 Å². The number of hydrogen-bond acceptors (Lipinski definition) is 4. The van der Waals surface area contributed by atoms with Crippen molar-refractivity contribution in [3.63, 3.8) is 0 Å². The third-order valence-corrected chi connectivity index (χ3v) is 6.44. The predicted molar refractivity (Wildman–Crippen MR) is 121 cm³/mol. The number of aromatic hydroxyl groups is 1. The lowest BCUT2D eigenvalue weighted by atomic mass is 9.85. The zero-order valence-corrected chi connectivity index (χ0v) is 17.2. The molecule has 2 atom stereocenters. The third-order valence-electron chi connectivity index (χ3n) is 6.44. The highest BCUT2D eigenvalue weighted by atomic mass is 16.5. The van der Waals surface area contributed by atoms with E-state index >= 15 is 0 Å². The summed E-state index contributed by atoms with van der Waals surface area (Å²) in [7, 11) is 0. The number of hydrazine groups is 1. The molecule has 154 valence electrons. The Morgan fingerprint density at radius 2 is 1.68 bits per heavy atom. The molecular weight excluding hydrogens is 384 g/mol. The van der Waals surface area contributed by atoms with Crippen LogP contribution < -0.4 is 10.2 Å². The van der Waals surface area contributed by atoms with E-state index in [-0.39, 0.29) is 12.3 Å². The molecule has 2 N–H and O–H groups in total. The molecule has 3 aliphatic rings. The summed E-state index contributed by atoms with van der Waals surface area (Å²) in [6.07, 6.45) is 5.05. The molecular formula is C27H24N2O2. The largest absolute Gasteiger partial charge is 0.507 e. The Morgan fingerprint density at radius 1 is 0.903 bits per heavy atom. The Labute approximate surface area is 182 Å². The lowest BCUT2D eigenvalue weighted by molar-refractivity contribution is -0.0379. The van der Waals surface area contributed by atoms with Crippen LogP contribution in [0.2, 0.25) is 0 Å². The Morgan fingerprint density at radius 3 is 2.55 bits per heavy atom. The van der Waals surface area contributed by atoms with Crippen LogP contribution in [0.4, 0.5) is 0 Å². The Bertz CT molecular complexity index is 1200. The fourth-order valence-corrected chi connectivity index (χ4v) is 5.01. The minimum Gasteiger partial charge on any atom is -0.507 e. The molecule has 4 nitrogen and oxygen atoms in total. The maximum absolute atomic E-state index is 10.3. The molecule has 0 fully saturated rings. The summed E-state index contributed by atoms with van der Waals surface area (Å²) < 4.78 is 6.49. The third kappa shape index (κ3) is 3.03. The summed E-state index contributed by atoms with van der Waals surface area (Å²) in [6, 6.07) is 26.4. The van der Waals surface area contributed by atoms with Crippen LogP contribution >= 0.6 is 0 Å². The van der Waals surface area contributed by atoms with Gasteiger partial charge < -0.3 is 15.3 Å². The number of phenols is 1. The van der Waals surface area contributed by atoms with E-state index in [0.717, 1.165) is 36.1 Å². The van der Waals surface area contributed by atoms with Gasteiger partial charge >= 0.3 is 0 Å². The second-order valence-corrected chi connectivity index (χ2v) is 8.32. The standard InChI is InChI=1S/C27H24N2O2/c30-23-15-6-4-11-19(23)17-20-12-8-14-22-25(20)28-29-26(22)21-13-5-7-16-24(21)31-27(29)18-9-2-1-3-10-18/h1-7,9-11,13,15-17,26-28,30H,8,12,14H2/b20-17+/t26-,27-/m1/s1. The molecule has 1 aliphatic carbocycles. The van der Waals surface area contributed by atoms with Crippen LogP contribution in [0.5, 0.6) is 11.5 Å². The molecule has 0 bridgehead atoms. The van der Waals surface area contributed by atoms with Gasteiger partial charge in [0.1, 0.15) is 11.5 Å². The van der Waals surface area contributed by atoms with Gasteiger partial charge in [0.05, 0.1) is 11.7 Å². The first-order valence-corrected chi connectivity index (χ1v) is 10.9. The maximum atomic E-state index is 10.3. The second kappa shape index (κ2) is 7.33. The highest BCUT2D eigenvalue weighted by Crippen LogP contribution is 2.52. The van der Waals surface area contributed by atoms with E-state index < -0.39 is 0 Å². The lowest BCUT2D eigenvalue weighted by Gasteiger charge is -2.39. The number of fused-ring (bicyclic) bond motifs is 4. The van der Waals surface area contributed by atoms with Gasteiger partial charge in [0.25, 0.3) is 0 Å². The quantitative estimate of drug-likeness (QED) is 0.557. The summed E-state index contributed by atoms with van der Waals surface area (Å²) in [5.41, 5.74) is 10.7. The van der Waals surface area contributed by atoms with Gasteiger partial charge in [-0.2, -0.15) is 5.01 Å². The number of hydrogen-bond donors (Lipinski definition) is 2. The van der Waals surface area contributed by atoms with Crippen LogP contribution in [0.3, 0.4) is 0 Å². The first-order valence-electron chi connectivity index (χ1n) is 10.9. The van der Waals surface area contributed by atoms with Crippen LogP contribution in [0.25, 0.3) is 6.08 Å². The number of rotatable bonds is 2. The molecule has 0 aromatic heterocycles. The van der Waals surface area contributed by atoms with Gasteiger partial charge in [-0.05, 0) is 48.6 Å². The SMILES string of the molecule is Oc1ccccc1/C=C1\CCCC2=C1NN1[C@@H](c3ccccc3)Oc3ccccc3[C@H]21. The first kappa shape index (κ1) is 18.3. The molecule has 0 spiro atoms. The molecule has 0 saturated heterocycles. The number of nitrogens with zero attached hydrogens (tertiary/aromatic N) is 1. The van der Waals surface area contributed by atoms with Crippen molar-refractivity contribution in [3.8, 4) is 11.5 Å². The molecule has 0 unspecified atom stereocenters. The smallest absolute Gasteiger partial charge is 0.195 e. The van der Waals surface area contributed by atoms with Gasteiger partial charge in [0.15, 0.2) is 6.23 Å². The van der Waals surface area contributed by atoms with Gasteiger partial charge in [-0.25, -0.2) is 0 Å². The molecule has 2 heterocycles. The number of para-hydroxylation sites is 2. The Kier molecular flexibility index (Phi) is 4.32. The van der Waals surface area contributed by atoms with E-state index in [0.29, 0.717) is 5.75 Å². The molecule has 31 heavy (non-hydrogen) atoms. The molecule has 0 radical (unpaired) electrons. The predicted octanol–water partition coefficient (Wildman–Crippen LogP) is 5.87. The van der Waals surface area contributed by atoms with Gasteiger partial charge in [-0.1, -0.05) is 66.7 Å². The van der Waals surface area contributed by atoms with Crippen LogP contribution in [0.1, 0.15) is 48.2 Å². The van der Waals surface area contributed by atoms with Crippen molar-refractivity contribution in [1.29, 1.82) is 0 Å². The summed E-state index contributed by atoms with van der Waals surface area (Å²) in [5.74, 6) is 1.26. The average molecular weight is 409 g/mol. The van der Waals surface area contributed by atoms with Crippen molar-refractivity contribution in [1.82, 2.24) is 10.4 Å². The van der Waals surface area contributed by atoms with Crippen molar-refractivity contribution in [2.45, 2.75) is 31.5 Å². The van der Waals surface area contributed by atoms with E-state index in [1.165, 1.54) is 22.4 Å². The molecule has 0 amide bonds. The number of allylic oxidation sites excluding steroid dienone is 1. The van der Waals surface area contributed by atoms with Gasteiger partial charge in [-0.3, -0.25) is 0 Å². The van der Waals surface area contributed by atoms with E-state index in [4.69, 9.17) is 4.74 Å². The van der Waals surface area contributed by atoms with Crippen molar-refractivity contribution >= 4 is 6.08 Å². The van der Waals surface area contributed by atoms with E-state index in [1.54, 1.807) is 6.07 Å². The molecule has 4 heteroatoms. The van der Waals surface area contributed by atoms with Crippen LogP contribution in [0, 0.1) is 0 Å². The van der Waals surface area contributed by atoms with Crippen LogP contribution in [-0.4, -0.2) is 10.1 Å². The minimum atomic E-state index is -0.210. The highest BCUT2D eigenvalue weighted by Gasteiger charge is 2.45. The topological polar surface area (TPSA) is 44.7 Å². The first-order chi connectivity index (χ1) is 15.3. The molecule has 3 aromatic carbocycles. The minimum absolute atomic E-state index is 0.137. The number of nitrogens with one attached hydrogen (secondary N) is 1. The Balaban J connectivity index is 1.47. The van der Waals surface area contributed by atoms with Crippen molar-refractivity contribution < 1.29 is 9.84 Å². The fraction of sp³-hybridized carbons (Fsp3) is 0.185. The highest BCUT2D eigenvalue weighted by molar-refractivity contribution is 5.65. The fourth-order valence-electron chi connectivity index (χ4n) is 5.01. The molecule has 0 saturated carbocycles. The van der Waals surface area contributed by atoms with Gasteiger partial charge in [-0.15, -0.1) is 0 Å². The number of benzene rings is 3. The van der Waals surface area contributed by atoms with E-state index in [2.05, 4.69) is 59.0 Å². The summed E-state index contributed by atoms with van der Waals surface area (Å²) in [5, 5.41) is 12.6. The average Bonchev–Trinajstić information content (AvgIpc) is 3.22. The van der Waals surface area contributed by atoms with E-state index in [9.17, 15) is 5.11 Å². The van der Waals surface area contributed by atoms with Gasteiger partial charge in [0, 0.05) is 16.7 Å². The zero-order chi connectivity index (χ0) is 20.8. The number of ether oxygens (including phenoxy) is 1. The van der Waals surface area contributed by atoms with Crippen molar-refractivity contribution in [3.05, 3.63) is 112 Å².